The van der Waals surface area contributed by atoms with Crippen molar-refractivity contribution in [2.45, 2.75) is 30.1 Å². The van der Waals surface area contributed by atoms with Crippen LogP contribution in [0.3, 0.4) is 0 Å². The Morgan fingerprint density at radius 3 is 2.38 bits per heavy atom. The van der Waals surface area contributed by atoms with Crippen LogP contribution in [0, 0.1) is 0 Å². The van der Waals surface area contributed by atoms with Gasteiger partial charge in [-0.25, -0.2) is 13.2 Å². The van der Waals surface area contributed by atoms with Gasteiger partial charge < -0.3 is 10.2 Å². The van der Waals surface area contributed by atoms with E-state index < -0.39 is 26.7 Å². The molecule has 2 atom stereocenters. The summed E-state index contributed by atoms with van der Waals surface area (Å²) in [5.41, 5.74) is -2.08. The molecule has 76 valence electrons. The lowest BCUT2D eigenvalue weighted by Gasteiger charge is -2.23. The van der Waals surface area contributed by atoms with Crippen molar-refractivity contribution in [3.8, 4) is 0 Å². The van der Waals surface area contributed by atoms with Crippen molar-refractivity contribution in [3.63, 3.8) is 0 Å². The number of sulfone groups is 1. The minimum atomic E-state index is -3.49. The van der Waals surface area contributed by atoms with Gasteiger partial charge in [-0.2, -0.15) is 0 Å². The lowest BCUT2D eigenvalue weighted by Crippen LogP contribution is -2.48. The van der Waals surface area contributed by atoms with E-state index in [0.29, 0.717) is 6.42 Å². The Bertz CT molecular complexity index is 320. The van der Waals surface area contributed by atoms with Crippen molar-refractivity contribution in [2.24, 2.45) is 0 Å². The predicted molar refractivity (Wildman–Crippen MR) is 45.1 cm³/mol. The maximum Gasteiger partial charge on any atom is 0.337 e. The van der Waals surface area contributed by atoms with Crippen molar-refractivity contribution < 1.29 is 23.4 Å². The van der Waals surface area contributed by atoms with E-state index in [2.05, 4.69) is 0 Å². The highest BCUT2D eigenvalue weighted by Crippen LogP contribution is 2.34. The van der Waals surface area contributed by atoms with Gasteiger partial charge in [-0.1, -0.05) is 0 Å². The fourth-order valence-electron chi connectivity index (χ4n) is 1.77. The van der Waals surface area contributed by atoms with Gasteiger partial charge in [0.15, 0.2) is 15.4 Å². The van der Waals surface area contributed by atoms with Crippen LogP contribution in [-0.4, -0.2) is 41.7 Å². The van der Waals surface area contributed by atoms with Gasteiger partial charge in [0.05, 0.1) is 0 Å². The fourth-order valence-corrected chi connectivity index (χ4v) is 3.29. The molecule has 2 unspecified atom stereocenters. The van der Waals surface area contributed by atoms with E-state index in [1.54, 1.807) is 0 Å². The highest BCUT2D eigenvalue weighted by Gasteiger charge is 2.52. The topological polar surface area (TPSA) is 91.7 Å². The van der Waals surface area contributed by atoms with Gasteiger partial charge in [-0.05, 0) is 19.3 Å². The van der Waals surface area contributed by atoms with Gasteiger partial charge >= 0.3 is 5.97 Å². The van der Waals surface area contributed by atoms with E-state index >= 15 is 0 Å². The van der Waals surface area contributed by atoms with Crippen molar-refractivity contribution >= 4 is 15.8 Å². The normalized spacial score (nSPS) is 34.8. The Balaban J connectivity index is 3.07. The Labute approximate surface area is 76.3 Å². The van der Waals surface area contributed by atoms with Crippen LogP contribution in [0.1, 0.15) is 19.3 Å². The zero-order chi connectivity index (χ0) is 10.3. The summed E-state index contributed by atoms with van der Waals surface area (Å²) in [5, 5.41) is 17.1. The molecule has 0 heterocycles. The first-order chi connectivity index (χ1) is 5.78. The number of aliphatic hydroxyl groups is 1. The lowest BCUT2D eigenvalue weighted by atomic mass is 10.0. The molecule has 0 spiro atoms. The van der Waals surface area contributed by atoms with Gasteiger partial charge in [-0.3, -0.25) is 0 Å². The summed E-state index contributed by atoms with van der Waals surface area (Å²) in [4.78, 5) is 10.7. The molecule has 0 saturated heterocycles. The van der Waals surface area contributed by atoms with Crippen molar-refractivity contribution in [2.75, 3.05) is 6.26 Å². The molecule has 1 aliphatic rings. The average molecular weight is 208 g/mol. The summed E-state index contributed by atoms with van der Waals surface area (Å²) in [6, 6.07) is 0. The summed E-state index contributed by atoms with van der Waals surface area (Å²) >= 11 is 0. The molecule has 0 radical (unpaired) electrons. The second kappa shape index (κ2) is 2.95. The van der Waals surface area contributed by atoms with Gasteiger partial charge in [-0.15, -0.1) is 0 Å². The minimum Gasteiger partial charge on any atom is -0.479 e. The van der Waals surface area contributed by atoms with E-state index in [1.165, 1.54) is 0 Å². The third kappa shape index (κ3) is 1.68. The van der Waals surface area contributed by atoms with E-state index in [9.17, 15) is 18.3 Å². The monoisotopic (exact) mass is 208 g/mol. The number of carboxylic acids is 1. The summed E-state index contributed by atoms with van der Waals surface area (Å²) in [6.45, 7) is 0. The van der Waals surface area contributed by atoms with E-state index in [4.69, 9.17) is 5.11 Å². The Kier molecular flexibility index (Phi) is 2.38. The third-order valence-corrected chi connectivity index (χ3v) is 4.10. The summed E-state index contributed by atoms with van der Waals surface area (Å²) in [7, 11) is -3.49. The molecule has 1 fully saturated rings. The van der Waals surface area contributed by atoms with Crippen molar-refractivity contribution in [3.05, 3.63) is 0 Å². The molecular weight excluding hydrogens is 196 g/mol. The molecule has 0 bridgehead atoms. The van der Waals surface area contributed by atoms with Gasteiger partial charge in [0.2, 0.25) is 0 Å². The Hall–Kier alpha value is -0.620. The predicted octanol–water partition coefficient (Wildman–Crippen LogP) is -0.601. The Morgan fingerprint density at radius 1 is 1.54 bits per heavy atom. The molecule has 0 aliphatic heterocycles. The molecule has 13 heavy (non-hydrogen) atoms. The molecule has 1 rings (SSSR count). The molecule has 0 aromatic heterocycles. The first kappa shape index (κ1) is 10.5. The zero-order valence-electron chi connectivity index (χ0n) is 7.23. The maximum atomic E-state index is 11.1. The first-order valence-electron chi connectivity index (χ1n) is 3.93. The van der Waals surface area contributed by atoms with Gasteiger partial charge in [0, 0.05) is 6.26 Å². The molecule has 6 heteroatoms. The quantitative estimate of drug-likeness (QED) is 0.632. The van der Waals surface area contributed by atoms with Crippen LogP contribution in [-0.2, 0) is 14.6 Å². The molecule has 0 aromatic carbocycles. The van der Waals surface area contributed by atoms with Crippen LogP contribution >= 0.6 is 0 Å². The van der Waals surface area contributed by atoms with Gasteiger partial charge in [0.1, 0.15) is 5.25 Å². The smallest absolute Gasteiger partial charge is 0.337 e. The van der Waals surface area contributed by atoms with Crippen molar-refractivity contribution in [1.82, 2.24) is 0 Å². The van der Waals surface area contributed by atoms with Crippen LogP contribution in [0.4, 0.5) is 0 Å². The second-order valence-corrected chi connectivity index (χ2v) is 5.67. The summed E-state index contributed by atoms with van der Waals surface area (Å²) in [6.07, 6.45) is 1.62. The molecule has 5 nitrogen and oxygen atoms in total. The van der Waals surface area contributed by atoms with Crippen LogP contribution < -0.4 is 0 Å². The first-order valence-corrected chi connectivity index (χ1v) is 5.88. The number of rotatable bonds is 2. The summed E-state index contributed by atoms with van der Waals surface area (Å²) < 4.78 is 22.3. The van der Waals surface area contributed by atoms with Crippen LogP contribution in [0.25, 0.3) is 0 Å². The molecule has 1 saturated carbocycles. The van der Waals surface area contributed by atoms with Crippen molar-refractivity contribution in [1.29, 1.82) is 0 Å². The van der Waals surface area contributed by atoms with Crippen LogP contribution in [0.5, 0.6) is 0 Å². The SMILES string of the molecule is CS(=O)(=O)C1CCCC1(O)C(=O)O. The number of aliphatic carboxylic acids is 1. The third-order valence-electron chi connectivity index (χ3n) is 2.44. The Morgan fingerprint density at radius 2 is 2.08 bits per heavy atom. The molecule has 0 amide bonds. The van der Waals surface area contributed by atoms with E-state index in [1.807, 2.05) is 0 Å². The average Bonchev–Trinajstić information content (AvgIpc) is 2.31. The van der Waals surface area contributed by atoms with Crippen LogP contribution in [0.2, 0.25) is 0 Å². The van der Waals surface area contributed by atoms with E-state index in [-0.39, 0.29) is 12.8 Å². The summed E-state index contributed by atoms with van der Waals surface area (Å²) in [5.74, 6) is -1.44. The molecule has 0 aromatic rings. The van der Waals surface area contributed by atoms with Gasteiger partial charge in [0.25, 0.3) is 0 Å². The van der Waals surface area contributed by atoms with E-state index in [0.717, 1.165) is 6.26 Å². The lowest BCUT2D eigenvalue weighted by molar-refractivity contribution is -0.157. The maximum absolute atomic E-state index is 11.1. The second-order valence-electron chi connectivity index (χ2n) is 3.44. The zero-order valence-corrected chi connectivity index (χ0v) is 8.04. The number of hydrogen-bond acceptors (Lipinski definition) is 4. The molecule has 2 N–H and O–H groups in total. The van der Waals surface area contributed by atoms with Crippen LogP contribution in [0.15, 0.2) is 0 Å². The molecule has 1 aliphatic carbocycles. The number of carbonyl (C=O) groups is 1. The number of carboxylic acid groups (broad SMARTS) is 1. The highest BCUT2D eigenvalue weighted by atomic mass is 32.2. The highest BCUT2D eigenvalue weighted by molar-refractivity contribution is 7.91. The fraction of sp³-hybridized carbons (Fsp3) is 0.857. The minimum absolute atomic E-state index is 0.0140. The largest absolute Gasteiger partial charge is 0.479 e. The molecular formula is C7H12O5S. The standard InChI is InChI=1S/C7H12O5S/c1-13(11,12)5-3-2-4-7(5,10)6(8)9/h5,10H,2-4H2,1H3,(H,8,9). The number of hydrogen-bond donors (Lipinski definition) is 2.